The Balaban J connectivity index is 2.03. The maximum Gasteiger partial charge on any atom is 0.248 e. The molecule has 3 atom stereocenters. The number of aliphatic hydroxyl groups excluding tert-OH is 1. The van der Waals surface area contributed by atoms with Crippen LogP contribution in [0.1, 0.15) is 13.3 Å². The summed E-state index contributed by atoms with van der Waals surface area (Å²) >= 11 is 0. The maximum absolute atomic E-state index is 12.2. The number of carbonyl (C=O) groups excluding carboxylic acids is 1. The molecule has 0 aromatic heterocycles. The summed E-state index contributed by atoms with van der Waals surface area (Å²) in [7, 11) is 1.53. The van der Waals surface area contributed by atoms with Gasteiger partial charge in [0.05, 0.1) is 25.9 Å². The second-order valence-corrected chi connectivity index (χ2v) is 5.97. The van der Waals surface area contributed by atoms with E-state index >= 15 is 0 Å². The smallest absolute Gasteiger partial charge is 0.248 e. The summed E-state index contributed by atoms with van der Waals surface area (Å²) in [5.41, 5.74) is 0. The molecular weight excluding hydrogens is 272 g/mol. The van der Waals surface area contributed by atoms with Crippen LogP contribution in [0.2, 0.25) is 0 Å². The second kappa shape index (κ2) is 8.08. The summed E-state index contributed by atoms with van der Waals surface area (Å²) < 4.78 is 10.4. The van der Waals surface area contributed by atoms with E-state index in [9.17, 15) is 9.90 Å². The fourth-order valence-corrected chi connectivity index (χ4v) is 3.58. The Kier molecular flexibility index (Phi) is 6.41. The first-order valence-electron chi connectivity index (χ1n) is 7.90. The van der Waals surface area contributed by atoms with Gasteiger partial charge in [-0.05, 0) is 11.8 Å². The van der Waals surface area contributed by atoms with Crippen molar-refractivity contribution < 1.29 is 19.4 Å². The molecule has 21 heavy (non-hydrogen) atoms. The molecule has 0 spiro atoms. The fourth-order valence-electron chi connectivity index (χ4n) is 3.58. The molecule has 0 radical (unpaired) electrons. The van der Waals surface area contributed by atoms with Crippen LogP contribution in [0.3, 0.4) is 0 Å². The minimum atomic E-state index is -0.0829. The zero-order chi connectivity index (χ0) is 15.2. The van der Waals surface area contributed by atoms with E-state index in [0.717, 1.165) is 45.8 Å². The topological polar surface area (TPSA) is 62.2 Å². The molecule has 2 rings (SSSR count). The molecule has 2 aliphatic rings. The zero-order valence-electron chi connectivity index (χ0n) is 13.2. The summed E-state index contributed by atoms with van der Waals surface area (Å²) in [5, 5.41) is 9.79. The van der Waals surface area contributed by atoms with Crippen molar-refractivity contribution in [1.29, 1.82) is 0 Å². The number of carbonyl (C=O) groups is 1. The van der Waals surface area contributed by atoms with Gasteiger partial charge in [-0.3, -0.25) is 9.69 Å². The van der Waals surface area contributed by atoms with Crippen molar-refractivity contribution in [3.63, 3.8) is 0 Å². The fraction of sp³-hybridized carbons (Fsp3) is 0.933. The molecule has 0 saturated carbocycles. The zero-order valence-corrected chi connectivity index (χ0v) is 13.2. The van der Waals surface area contributed by atoms with E-state index in [1.54, 1.807) is 0 Å². The minimum Gasteiger partial charge on any atom is -0.394 e. The van der Waals surface area contributed by atoms with Crippen molar-refractivity contribution in [2.24, 2.45) is 11.8 Å². The molecule has 0 aromatic rings. The number of aliphatic hydroxyl groups is 1. The summed E-state index contributed by atoms with van der Waals surface area (Å²) in [5.74, 6) is 0.768. The summed E-state index contributed by atoms with van der Waals surface area (Å²) in [6, 6.07) is -0.0829. The third kappa shape index (κ3) is 3.94. The Hall–Kier alpha value is -0.690. The number of ether oxygens (including phenoxy) is 2. The highest BCUT2D eigenvalue weighted by Crippen LogP contribution is 2.33. The molecule has 1 N–H and O–H groups in total. The molecule has 2 saturated heterocycles. The van der Waals surface area contributed by atoms with E-state index in [4.69, 9.17) is 9.47 Å². The van der Waals surface area contributed by atoms with Crippen LogP contribution in [-0.2, 0) is 14.3 Å². The number of amides is 1. The first-order chi connectivity index (χ1) is 10.2. The highest BCUT2D eigenvalue weighted by Gasteiger charge is 2.43. The molecule has 6 heteroatoms. The van der Waals surface area contributed by atoms with Gasteiger partial charge in [0.25, 0.3) is 0 Å². The van der Waals surface area contributed by atoms with E-state index in [1.807, 2.05) is 4.90 Å². The largest absolute Gasteiger partial charge is 0.394 e. The number of likely N-dealkylation sites (tertiary alicyclic amines) is 1. The lowest BCUT2D eigenvalue weighted by Crippen LogP contribution is -2.46. The number of nitrogens with zero attached hydrogens (tertiary/aromatic N) is 2. The van der Waals surface area contributed by atoms with E-state index in [2.05, 4.69) is 11.8 Å². The van der Waals surface area contributed by atoms with Gasteiger partial charge in [0.15, 0.2) is 0 Å². The van der Waals surface area contributed by atoms with Gasteiger partial charge in [0.2, 0.25) is 5.91 Å². The SMILES string of the molecule is CC[C@@H]1CN(C(=O)COC)[C@H](CO)[C@@H]1CN1CCOCC1. The lowest BCUT2D eigenvalue weighted by atomic mass is 9.88. The quantitative estimate of drug-likeness (QED) is 0.737. The van der Waals surface area contributed by atoms with Gasteiger partial charge in [-0.25, -0.2) is 0 Å². The third-order valence-corrected chi connectivity index (χ3v) is 4.80. The number of methoxy groups -OCH3 is 1. The van der Waals surface area contributed by atoms with Gasteiger partial charge < -0.3 is 19.5 Å². The molecule has 0 unspecified atom stereocenters. The van der Waals surface area contributed by atoms with Crippen LogP contribution in [0.5, 0.6) is 0 Å². The van der Waals surface area contributed by atoms with Gasteiger partial charge in [0, 0.05) is 33.3 Å². The molecule has 1 amide bonds. The first-order valence-corrected chi connectivity index (χ1v) is 7.90. The van der Waals surface area contributed by atoms with Gasteiger partial charge in [0.1, 0.15) is 6.61 Å². The van der Waals surface area contributed by atoms with Crippen LogP contribution < -0.4 is 0 Å². The average Bonchev–Trinajstić information content (AvgIpc) is 2.86. The van der Waals surface area contributed by atoms with E-state index in [0.29, 0.717) is 11.8 Å². The van der Waals surface area contributed by atoms with Crippen LogP contribution in [0.15, 0.2) is 0 Å². The molecule has 0 aromatic carbocycles. The van der Waals surface area contributed by atoms with Crippen LogP contribution in [0, 0.1) is 11.8 Å². The second-order valence-electron chi connectivity index (χ2n) is 5.97. The van der Waals surface area contributed by atoms with Gasteiger partial charge in [-0.1, -0.05) is 13.3 Å². The molecule has 2 heterocycles. The number of rotatable bonds is 6. The average molecular weight is 300 g/mol. The summed E-state index contributed by atoms with van der Waals surface area (Å²) in [6.45, 7) is 7.39. The summed E-state index contributed by atoms with van der Waals surface area (Å²) in [6.07, 6.45) is 1.03. The van der Waals surface area contributed by atoms with Crippen LogP contribution in [-0.4, -0.2) is 86.6 Å². The van der Waals surface area contributed by atoms with E-state index in [1.165, 1.54) is 7.11 Å². The van der Waals surface area contributed by atoms with Crippen LogP contribution in [0.25, 0.3) is 0 Å². The number of morpholine rings is 1. The third-order valence-electron chi connectivity index (χ3n) is 4.80. The molecule has 6 nitrogen and oxygen atoms in total. The van der Waals surface area contributed by atoms with Crippen LogP contribution in [0.4, 0.5) is 0 Å². The monoisotopic (exact) mass is 300 g/mol. The summed E-state index contributed by atoms with van der Waals surface area (Å²) in [4.78, 5) is 16.4. The highest BCUT2D eigenvalue weighted by molar-refractivity contribution is 5.78. The molecule has 122 valence electrons. The van der Waals surface area contributed by atoms with Crippen molar-refractivity contribution in [3.05, 3.63) is 0 Å². The Morgan fingerprint density at radius 3 is 2.67 bits per heavy atom. The van der Waals surface area contributed by atoms with Gasteiger partial charge in [-0.2, -0.15) is 0 Å². The predicted molar refractivity (Wildman–Crippen MR) is 79.0 cm³/mol. The highest BCUT2D eigenvalue weighted by atomic mass is 16.5. The normalized spacial score (nSPS) is 30.8. The van der Waals surface area contributed by atoms with Crippen molar-refractivity contribution in [1.82, 2.24) is 9.80 Å². The predicted octanol–water partition coefficient (Wildman–Crippen LogP) is -0.189. The van der Waals surface area contributed by atoms with Crippen LogP contribution >= 0.6 is 0 Å². The van der Waals surface area contributed by atoms with Crippen molar-refractivity contribution in [2.75, 3.05) is 59.7 Å². The number of hydrogen-bond acceptors (Lipinski definition) is 5. The molecule has 0 aliphatic carbocycles. The molecule has 2 aliphatic heterocycles. The molecule has 0 bridgehead atoms. The maximum atomic E-state index is 12.2. The van der Waals surface area contributed by atoms with E-state index in [-0.39, 0.29) is 25.2 Å². The van der Waals surface area contributed by atoms with Gasteiger partial charge in [-0.15, -0.1) is 0 Å². The van der Waals surface area contributed by atoms with Crippen molar-refractivity contribution in [2.45, 2.75) is 19.4 Å². The van der Waals surface area contributed by atoms with Crippen molar-refractivity contribution >= 4 is 5.91 Å². The Morgan fingerprint density at radius 1 is 1.38 bits per heavy atom. The minimum absolute atomic E-state index is 0.0144. The Bertz CT molecular complexity index is 334. The van der Waals surface area contributed by atoms with E-state index < -0.39 is 0 Å². The first kappa shape index (κ1) is 16.7. The Labute approximate surface area is 127 Å². The van der Waals surface area contributed by atoms with Gasteiger partial charge >= 0.3 is 0 Å². The molecule has 2 fully saturated rings. The van der Waals surface area contributed by atoms with Crippen molar-refractivity contribution in [3.8, 4) is 0 Å². The molecular formula is C15H28N2O4. The number of hydrogen-bond donors (Lipinski definition) is 1. The standard InChI is InChI=1S/C15H28N2O4/c1-3-12-8-17(15(19)11-20-2)14(10-18)13(12)9-16-4-6-21-7-5-16/h12-14,18H,3-11H2,1-2H3/t12-,13-,14-/m1/s1. The Morgan fingerprint density at radius 2 is 2.10 bits per heavy atom. The lowest BCUT2D eigenvalue weighted by molar-refractivity contribution is -0.137. The lowest BCUT2D eigenvalue weighted by Gasteiger charge is -2.33.